The smallest absolute Gasteiger partial charge is 0.310 e. The Morgan fingerprint density at radius 2 is 2.04 bits per heavy atom. The van der Waals surface area contributed by atoms with Crippen LogP contribution in [0.15, 0.2) is 24.5 Å². The minimum absolute atomic E-state index is 0.0663. The fraction of sp³-hybridized carbons (Fsp3) is 0.647. The van der Waals surface area contributed by atoms with E-state index in [1.165, 1.54) is 0 Å². The van der Waals surface area contributed by atoms with Crippen molar-refractivity contribution in [1.29, 1.82) is 0 Å². The standard InChI is InChI=1S/C17H22F3N3O/c18-17(19,20)12-4-1-5-13(10-12)22-15-7-3-9-23(16(15)24)14-6-2-8-21-11-14/h2,6,8,11-13,15,22H,1,3-5,7,9-10H2/t12-,13-,15-/m1/s1. The molecular formula is C17H22F3N3O. The highest BCUT2D eigenvalue weighted by atomic mass is 19.4. The van der Waals surface area contributed by atoms with Crippen LogP contribution in [0.4, 0.5) is 18.9 Å². The Kier molecular flexibility index (Phi) is 5.08. The van der Waals surface area contributed by atoms with Crippen LogP contribution in [0.2, 0.25) is 0 Å². The first-order chi connectivity index (χ1) is 11.4. The second-order valence-electron chi connectivity index (χ2n) is 6.66. The molecule has 1 aromatic rings. The van der Waals surface area contributed by atoms with Crippen LogP contribution < -0.4 is 10.2 Å². The van der Waals surface area contributed by atoms with Crippen LogP contribution in [-0.4, -0.2) is 35.7 Å². The van der Waals surface area contributed by atoms with E-state index in [4.69, 9.17) is 0 Å². The van der Waals surface area contributed by atoms with Crippen molar-refractivity contribution in [2.24, 2.45) is 5.92 Å². The largest absolute Gasteiger partial charge is 0.391 e. The summed E-state index contributed by atoms with van der Waals surface area (Å²) in [7, 11) is 0. The molecule has 1 saturated carbocycles. The number of hydrogen-bond donors (Lipinski definition) is 1. The van der Waals surface area contributed by atoms with Crippen molar-refractivity contribution in [3.8, 4) is 0 Å². The first-order valence-electron chi connectivity index (χ1n) is 8.49. The van der Waals surface area contributed by atoms with Crippen LogP contribution in [0.3, 0.4) is 0 Å². The first kappa shape index (κ1) is 17.2. The second kappa shape index (κ2) is 7.09. The second-order valence-corrected chi connectivity index (χ2v) is 6.66. The first-order valence-corrected chi connectivity index (χ1v) is 8.49. The number of piperidine rings is 1. The van der Waals surface area contributed by atoms with E-state index in [1.54, 1.807) is 23.4 Å². The van der Waals surface area contributed by atoms with Crippen molar-refractivity contribution < 1.29 is 18.0 Å². The lowest BCUT2D eigenvalue weighted by Crippen LogP contribution is -2.54. The lowest BCUT2D eigenvalue weighted by Gasteiger charge is -2.37. The van der Waals surface area contributed by atoms with Crippen LogP contribution in [0.25, 0.3) is 0 Å². The number of pyridine rings is 1. The predicted molar refractivity (Wildman–Crippen MR) is 84.5 cm³/mol. The van der Waals surface area contributed by atoms with E-state index < -0.39 is 18.1 Å². The summed E-state index contributed by atoms with van der Waals surface area (Å²) >= 11 is 0. The van der Waals surface area contributed by atoms with Crippen LogP contribution in [0, 0.1) is 5.92 Å². The number of nitrogens with zero attached hydrogens (tertiary/aromatic N) is 2. The summed E-state index contributed by atoms with van der Waals surface area (Å²) in [5.74, 6) is -1.32. The van der Waals surface area contributed by atoms with Gasteiger partial charge in [0.1, 0.15) is 0 Å². The number of hydrogen-bond acceptors (Lipinski definition) is 3. The van der Waals surface area contributed by atoms with Crippen LogP contribution >= 0.6 is 0 Å². The summed E-state index contributed by atoms with van der Waals surface area (Å²) in [5.41, 5.74) is 0.741. The maximum absolute atomic E-state index is 12.9. The van der Waals surface area contributed by atoms with Gasteiger partial charge in [-0.05, 0) is 44.2 Å². The minimum Gasteiger partial charge on any atom is -0.310 e. The van der Waals surface area contributed by atoms with Crippen molar-refractivity contribution in [2.75, 3.05) is 11.4 Å². The number of alkyl halides is 3. The van der Waals surface area contributed by atoms with E-state index in [2.05, 4.69) is 10.3 Å². The molecule has 1 saturated heterocycles. The molecule has 4 nitrogen and oxygen atoms in total. The maximum atomic E-state index is 12.9. The highest BCUT2D eigenvalue weighted by molar-refractivity contribution is 5.97. The van der Waals surface area contributed by atoms with E-state index in [0.717, 1.165) is 12.1 Å². The van der Waals surface area contributed by atoms with Gasteiger partial charge in [0.2, 0.25) is 5.91 Å². The number of carbonyl (C=O) groups excluding carboxylic acids is 1. The van der Waals surface area contributed by atoms with Gasteiger partial charge < -0.3 is 10.2 Å². The fourth-order valence-corrected chi connectivity index (χ4v) is 3.72. The van der Waals surface area contributed by atoms with Gasteiger partial charge in [-0.25, -0.2) is 0 Å². The summed E-state index contributed by atoms with van der Waals surface area (Å²) < 4.78 is 38.8. The zero-order valence-electron chi connectivity index (χ0n) is 13.4. The molecule has 0 spiro atoms. The molecule has 3 rings (SSSR count). The van der Waals surface area contributed by atoms with E-state index >= 15 is 0 Å². The molecule has 2 fully saturated rings. The van der Waals surface area contributed by atoms with E-state index in [0.29, 0.717) is 25.8 Å². The zero-order chi connectivity index (χ0) is 17.2. The molecule has 24 heavy (non-hydrogen) atoms. The van der Waals surface area contributed by atoms with Crippen molar-refractivity contribution in [1.82, 2.24) is 10.3 Å². The molecule has 0 bridgehead atoms. The topological polar surface area (TPSA) is 45.2 Å². The number of halogens is 3. The Morgan fingerprint density at radius 1 is 1.21 bits per heavy atom. The number of amides is 1. The van der Waals surface area contributed by atoms with Gasteiger partial charge >= 0.3 is 6.18 Å². The summed E-state index contributed by atoms with van der Waals surface area (Å²) in [4.78, 5) is 18.4. The summed E-state index contributed by atoms with van der Waals surface area (Å²) in [6, 6.07) is 2.95. The van der Waals surface area contributed by atoms with Gasteiger partial charge in [0, 0.05) is 18.8 Å². The normalized spacial score (nSPS) is 28.9. The molecule has 0 radical (unpaired) electrons. The Bertz CT molecular complexity index is 564. The monoisotopic (exact) mass is 341 g/mol. The number of carbonyl (C=O) groups is 1. The van der Waals surface area contributed by atoms with E-state index in [1.807, 2.05) is 6.07 Å². The molecule has 0 unspecified atom stereocenters. The molecule has 1 aliphatic carbocycles. The lowest BCUT2D eigenvalue weighted by molar-refractivity contribution is -0.183. The predicted octanol–water partition coefficient (Wildman–Crippen LogP) is 3.29. The van der Waals surface area contributed by atoms with Crippen LogP contribution in [-0.2, 0) is 4.79 Å². The van der Waals surface area contributed by atoms with Crippen molar-refractivity contribution >= 4 is 11.6 Å². The molecule has 1 aliphatic heterocycles. The number of nitrogens with one attached hydrogen (secondary N) is 1. The van der Waals surface area contributed by atoms with Gasteiger partial charge in [0.15, 0.2) is 0 Å². The van der Waals surface area contributed by atoms with Gasteiger partial charge in [-0.15, -0.1) is 0 Å². The van der Waals surface area contributed by atoms with Crippen molar-refractivity contribution in [3.63, 3.8) is 0 Å². The molecule has 1 N–H and O–H groups in total. The molecule has 132 valence electrons. The average Bonchev–Trinajstić information content (AvgIpc) is 2.57. The Labute approximate surface area is 139 Å². The number of anilines is 1. The molecule has 0 aromatic carbocycles. The molecular weight excluding hydrogens is 319 g/mol. The molecule has 2 aliphatic rings. The Morgan fingerprint density at radius 3 is 2.75 bits per heavy atom. The molecule has 1 aromatic heterocycles. The van der Waals surface area contributed by atoms with Gasteiger partial charge in [0.05, 0.1) is 23.8 Å². The average molecular weight is 341 g/mol. The minimum atomic E-state index is -4.14. The molecule has 7 heteroatoms. The zero-order valence-corrected chi connectivity index (χ0v) is 13.4. The summed E-state index contributed by atoms with van der Waals surface area (Å²) in [6.45, 7) is 0.624. The van der Waals surface area contributed by atoms with Crippen LogP contribution in [0.5, 0.6) is 0 Å². The van der Waals surface area contributed by atoms with Crippen molar-refractivity contribution in [3.05, 3.63) is 24.5 Å². The van der Waals surface area contributed by atoms with Gasteiger partial charge in [-0.3, -0.25) is 9.78 Å². The number of rotatable bonds is 3. The van der Waals surface area contributed by atoms with Crippen molar-refractivity contribution in [2.45, 2.75) is 56.8 Å². The van der Waals surface area contributed by atoms with E-state index in [9.17, 15) is 18.0 Å². The van der Waals surface area contributed by atoms with E-state index in [-0.39, 0.29) is 24.8 Å². The van der Waals surface area contributed by atoms with Gasteiger partial charge in [0.25, 0.3) is 0 Å². The SMILES string of the molecule is O=C1[C@H](N[C@@H]2CCC[C@@H](C(F)(F)F)C2)CCCN1c1cccnc1. The van der Waals surface area contributed by atoms with Gasteiger partial charge in [-0.2, -0.15) is 13.2 Å². The Balaban J connectivity index is 1.63. The maximum Gasteiger partial charge on any atom is 0.391 e. The lowest BCUT2D eigenvalue weighted by atomic mass is 9.84. The summed E-state index contributed by atoms with van der Waals surface area (Å²) in [5, 5.41) is 3.20. The third-order valence-electron chi connectivity index (χ3n) is 4.97. The third-order valence-corrected chi connectivity index (χ3v) is 4.97. The number of aromatic nitrogens is 1. The highest BCUT2D eigenvalue weighted by Gasteiger charge is 2.43. The summed E-state index contributed by atoms with van der Waals surface area (Å²) in [6.07, 6.45) is 2.16. The Hall–Kier alpha value is -1.63. The quantitative estimate of drug-likeness (QED) is 0.918. The fourth-order valence-electron chi connectivity index (χ4n) is 3.72. The van der Waals surface area contributed by atoms with Crippen LogP contribution in [0.1, 0.15) is 38.5 Å². The third kappa shape index (κ3) is 3.88. The molecule has 2 heterocycles. The highest BCUT2D eigenvalue weighted by Crippen LogP contribution is 2.37. The van der Waals surface area contributed by atoms with Gasteiger partial charge in [-0.1, -0.05) is 6.42 Å². The molecule has 3 atom stereocenters. The molecule has 1 amide bonds.